The Kier molecular flexibility index (Phi) is 4.39. The number of carbonyl (C=O) groups excluding carboxylic acids is 1. The van der Waals surface area contributed by atoms with Crippen LogP contribution in [0.25, 0.3) is 0 Å². The summed E-state index contributed by atoms with van der Waals surface area (Å²) in [6, 6.07) is 9.78. The molecule has 0 aliphatic heterocycles. The Labute approximate surface area is 135 Å². The molecule has 0 unspecified atom stereocenters. The number of nitrogens with one attached hydrogen (secondary N) is 1. The second-order valence-electron chi connectivity index (χ2n) is 6.38. The molecule has 0 aliphatic carbocycles. The van der Waals surface area contributed by atoms with Gasteiger partial charge in [0.1, 0.15) is 11.1 Å². The molecule has 0 aliphatic rings. The fourth-order valence-corrected chi connectivity index (χ4v) is 3.15. The summed E-state index contributed by atoms with van der Waals surface area (Å²) in [5.41, 5.74) is 3.34. The maximum absolute atomic E-state index is 12.3. The minimum atomic E-state index is -0.182. The van der Waals surface area contributed by atoms with Gasteiger partial charge in [0.05, 0.1) is 5.56 Å². The molecule has 22 heavy (non-hydrogen) atoms. The molecule has 1 heterocycles. The van der Waals surface area contributed by atoms with E-state index >= 15 is 0 Å². The van der Waals surface area contributed by atoms with Crippen LogP contribution in [0, 0.1) is 25.2 Å². The van der Waals surface area contributed by atoms with E-state index in [1.54, 1.807) is 0 Å². The molecule has 1 amide bonds. The van der Waals surface area contributed by atoms with Crippen molar-refractivity contribution in [3.8, 4) is 6.07 Å². The van der Waals surface area contributed by atoms with E-state index in [9.17, 15) is 10.1 Å². The fraction of sp³-hybridized carbons (Fsp3) is 0.333. The van der Waals surface area contributed by atoms with Gasteiger partial charge in [0.15, 0.2) is 0 Å². The van der Waals surface area contributed by atoms with Crippen LogP contribution in [-0.4, -0.2) is 5.91 Å². The number of carbonyl (C=O) groups is 1. The molecule has 1 N–H and O–H groups in total. The molecule has 0 saturated carbocycles. The molecule has 0 fully saturated rings. The molecule has 2 rings (SSSR count). The summed E-state index contributed by atoms with van der Waals surface area (Å²) in [6.07, 6.45) is 0. The number of rotatable bonds is 2. The van der Waals surface area contributed by atoms with Gasteiger partial charge in [-0.05, 0) is 42.5 Å². The van der Waals surface area contributed by atoms with Gasteiger partial charge in [-0.15, -0.1) is 11.3 Å². The number of nitriles is 1. The first-order valence-corrected chi connectivity index (χ1v) is 7.97. The molecule has 4 heteroatoms. The lowest BCUT2D eigenvalue weighted by Gasteiger charge is -2.19. The van der Waals surface area contributed by atoms with Gasteiger partial charge in [0.25, 0.3) is 5.91 Å². The van der Waals surface area contributed by atoms with E-state index in [4.69, 9.17) is 0 Å². The Balaban J connectivity index is 2.23. The Morgan fingerprint density at radius 1 is 1.18 bits per heavy atom. The van der Waals surface area contributed by atoms with Gasteiger partial charge in [-0.3, -0.25) is 4.79 Å². The van der Waals surface area contributed by atoms with Crippen molar-refractivity contribution in [1.82, 2.24) is 0 Å². The number of aryl methyl sites for hydroxylation is 1. The highest BCUT2D eigenvalue weighted by molar-refractivity contribution is 7.16. The molecule has 0 radical (unpaired) electrons. The van der Waals surface area contributed by atoms with Crippen molar-refractivity contribution < 1.29 is 4.79 Å². The summed E-state index contributed by atoms with van der Waals surface area (Å²) in [6.45, 7) is 10.3. The second kappa shape index (κ2) is 5.94. The largest absolute Gasteiger partial charge is 0.312 e. The molecule has 0 atom stereocenters. The molecular formula is C18H20N2OS. The highest BCUT2D eigenvalue weighted by Gasteiger charge is 2.17. The van der Waals surface area contributed by atoms with Crippen LogP contribution in [0.15, 0.2) is 24.3 Å². The third kappa shape index (κ3) is 3.20. The lowest BCUT2D eigenvalue weighted by atomic mass is 9.87. The minimum absolute atomic E-state index is 0.0605. The number of hydrogen-bond acceptors (Lipinski definition) is 3. The lowest BCUT2D eigenvalue weighted by molar-refractivity contribution is 0.102. The number of thiophene rings is 1. The summed E-state index contributed by atoms with van der Waals surface area (Å²) in [7, 11) is 0. The van der Waals surface area contributed by atoms with Gasteiger partial charge in [-0.25, -0.2) is 0 Å². The van der Waals surface area contributed by atoms with E-state index in [1.165, 1.54) is 16.9 Å². The average molecular weight is 312 g/mol. The quantitative estimate of drug-likeness (QED) is 0.867. The summed E-state index contributed by atoms with van der Waals surface area (Å²) >= 11 is 1.44. The molecule has 1 aromatic carbocycles. The maximum atomic E-state index is 12.3. The Morgan fingerprint density at radius 2 is 1.77 bits per heavy atom. The van der Waals surface area contributed by atoms with Crippen molar-refractivity contribution in [2.45, 2.75) is 40.0 Å². The number of anilines is 1. The topological polar surface area (TPSA) is 52.9 Å². The first-order valence-electron chi connectivity index (χ1n) is 7.16. The first kappa shape index (κ1) is 16.3. The van der Waals surface area contributed by atoms with Gasteiger partial charge >= 0.3 is 0 Å². The van der Waals surface area contributed by atoms with Gasteiger partial charge in [-0.1, -0.05) is 32.9 Å². The third-order valence-corrected chi connectivity index (χ3v) is 4.86. The lowest BCUT2D eigenvalue weighted by Crippen LogP contribution is -2.14. The molecule has 0 bridgehead atoms. The average Bonchev–Trinajstić information content (AvgIpc) is 2.72. The van der Waals surface area contributed by atoms with Crippen LogP contribution in [0.4, 0.5) is 5.00 Å². The van der Waals surface area contributed by atoms with E-state index in [-0.39, 0.29) is 11.3 Å². The van der Waals surface area contributed by atoms with E-state index in [0.29, 0.717) is 16.1 Å². The predicted molar refractivity (Wildman–Crippen MR) is 91.6 cm³/mol. The standard InChI is InChI=1S/C18H20N2OS/c1-11-12(2)22-17(15(11)10-19)20-16(21)13-6-8-14(9-7-13)18(3,4)5/h6-9H,1-5H3,(H,20,21). The Morgan fingerprint density at radius 3 is 2.27 bits per heavy atom. The Hall–Kier alpha value is -2.12. The van der Waals surface area contributed by atoms with Gasteiger partial charge in [0, 0.05) is 10.4 Å². The van der Waals surface area contributed by atoms with Crippen LogP contribution < -0.4 is 5.32 Å². The van der Waals surface area contributed by atoms with E-state index < -0.39 is 0 Å². The van der Waals surface area contributed by atoms with Gasteiger partial charge < -0.3 is 5.32 Å². The molecule has 0 saturated heterocycles. The fourth-order valence-electron chi connectivity index (χ4n) is 2.15. The monoisotopic (exact) mass is 312 g/mol. The van der Waals surface area contributed by atoms with Crippen molar-refractivity contribution in [1.29, 1.82) is 5.26 Å². The third-order valence-electron chi connectivity index (χ3n) is 3.74. The highest BCUT2D eigenvalue weighted by Crippen LogP contribution is 2.32. The van der Waals surface area contributed by atoms with E-state index in [1.807, 2.05) is 38.1 Å². The number of nitrogens with zero attached hydrogens (tertiary/aromatic N) is 1. The summed E-state index contributed by atoms with van der Waals surface area (Å²) in [4.78, 5) is 13.4. The van der Waals surface area contributed by atoms with Crippen LogP contribution in [0.5, 0.6) is 0 Å². The Bertz CT molecular complexity index is 743. The van der Waals surface area contributed by atoms with Crippen molar-refractivity contribution in [2.24, 2.45) is 0 Å². The van der Waals surface area contributed by atoms with Crippen molar-refractivity contribution in [3.63, 3.8) is 0 Å². The zero-order chi connectivity index (χ0) is 16.5. The first-order chi connectivity index (χ1) is 10.2. The van der Waals surface area contributed by atoms with Crippen molar-refractivity contribution in [2.75, 3.05) is 5.32 Å². The van der Waals surface area contributed by atoms with Crippen LogP contribution in [-0.2, 0) is 5.41 Å². The van der Waals surface area contributed by atoms with Gasteiger partial charge in [-0.2, -0.15) is 5.26 Å². The predicted octanol–water partition coefficient (Wildman–Crippen LogP) is 4.79. The van der Waals surface area contributed by atoms with Gasteiger partial charge in [0.2, 0.25) is 0 Å². The molecule has 2 aromatic rings. The number of benzene rings is 1. The normalized spacial score (nSPS) is 11.1. The van der Waals surface area contributed by atoms with Crippen LogP contribution in [0.2, 0.25) is 0 Å². The molecule has 3 nitrogen and oxygen atoms in total. The summed E-state index contributed by atoms with van der Waals surface area (Å²) < 4.78 is 0. The number of hydrogen-bond donors (Lipinski definition) is 1. The smallest absolute Gasteiger partial charge is 0.256 e. The van der Waals surface area contributed by atoms with Crippen LogP contribution in [0.3, 0.4) is 0 Å². The molecule has 114 valence electrons. The molecule has 1 aromatic heterocycles. The van der Waals surface area contributed by atoms with Crippen molar-refractivity contribution in [3.05, 3.63) is 51.4 Å². The van der Waals surface area contributed by atoms with Crippen LogP contribution >= 0.6 is 11.3 Å². The number of amides is 1. The van der Waals surface area contributed by atoms with Crippen molar-refractivity contribution >= 4 is 22.2 Å². The zero-order valence-electron chi connectivity index (χ0n) is 13.6. The van der Waals surface area contributed by atoms with E-state index in [0.717, 1.165) is 10.4 Å². The molecule has 0 spiro atoms. The zero-order valence-corrected chi connectivity index (χ0v) is 14.4. The highest BCUT2D eigenvalue weighted by atomic mass is 32.1. The second-order valence-corrected chi connectivity index (χ2v) is 7.61. The molecular weight excluding hydrogens is 292 g/mol. The summed E-state index contributed by atoms with van der Waals surface area (Å²) in [5.74, 6) is -0.182. The van der Waals surface area contributed by atoms with E-state index in [2.05, 4.69) is 32.2 Å². The minimum Gasteiger partial charge on any atom is -0.312 e. The maximum Gasteiger partial charge on any atom is 0.256 e. The SMILES string of the molecule is Cc1sc(NC(=O)c2ccc(C(C)(C)C)cc2)c(C#N)c1C. The summed E-state index contributed by atoms with van der Waals surface area (Å²) in [5, 5.41) is 12.7. The van der Waals surface area contributed by atoms with Crippen LogP contribution in [0.1, 0.15) is 52.7 Å².